The summed E-state index contributed by atoms with van der Waals surface area (Å²) in [5.41, 5.74) is -0.604. The van der Waals surface area contributed by atoms with E-state index in [4.69, 9.17) is 9.47 Å². The first-order valence-electron chi connectivity index (χ1n) is 13.1. The van der Waals surface area contributed by atoms with Crippen LogP contribution in [0.4, 0.5) is 25.0 Å². The van der Waals surface area contributed by atoms with E-state index in [0.717, 1.165) is 29.2 Å². The molecule has 4 rings (SSSR count). The van der Waals surface area contributed by atoms with Gasteiger partial charge < -0.3 is 30.3 Å². The SMILES string of the molecule is CNC(=O)OC(C)C(=O)NC(C(=O)N1Cc2ccc([N+](=O)[O-])cc2[C@H]1C(=O)Nc1c(F)cccc1F)C1CCOCC1. The number of nitro groups is 1. The number of benzene rings is 2. The molecule has 0 bridgehead atoms. The van der Waals surface area contributed by atoms with Crippen LogP contribution in [0.2, 0.25) is 0 Å². The lowest BCUT2D eigenvalue weighted by molar-refractivity contribution is -0.384. The standard InChI is InChI=1S/C27H29F2N5O8/c1-14(42-27(38)30-2)24(35)31-21(15-8-10-41-11-9-15)26(37)33-13-16-6-7-17(34(39)40)12-18(16)23(33)25(36)32-22-19(28)4-3-5-20(22)29/h3-7,12,14-15,21,23H,8-11,13H2,1-2H3,(H,30,38)(H,31,35)(H,32,36)/t14?,21?,23-/m0/s1. The maximum Gasteiger partial charge on any atom is 0.407 e. The molecule has 2 aliphatic heterocycles. The number of nitro benzene ring substituents is 1. The van der Waals surface area contributed by atoms with Gasteiger partial charge in [0.25, 0.3) is 17.5 Å². The number of amides is 4. The van der Waals surface area contributed by atoms with Crippen molar-refractivity contribution in [2.45, 2.75) is 44.5 Å². The van der Waals surface area contributed by atoms with Crippen LogP contribution in [0.25, 0.3) is 0 Å². The molecule has 224 valence electrons. The predicted octanol–water partition coefficient (Wildman–Crippen LogP) is 2.55. The van der Waals surface area contributed by atoms with Gasteiger partial charge in [-0.25, -0.2) is 13.6 Å². The molecule has 0 saturated carbocycles. The van der Waals surface area contributed by atoms with E-state index in [9.17, 15) is 38.1 Å². The van der Waals surface area contributed by atoms with E-state index in [2.05, 4.69) is 16.0 Å². The van der Waals surface area contributed by atoms with E-state index in [-0.39, 0.29) is 17.8 Å². The first-order valence-corrected chi connectivity index (χ1v) is 13.1. The number of carbonyl (C=O) groups is 4. The minimum atomic E-state index is -1.52. The number of rotatable bonds is 8. The number of hydrogen-bond acceptors (Lipinski definition) is 8. The van der Waals surface area contributed by atoms with Gasteiger partial charge in [-0.05, 0) is 48.9 Å². The van der Waals surface area contributed by atoms with E-state index in [0.29, 0.717) is 31.6 Å². The second-order valence-corrected chi connectivity index (χ2v) is 9.83. The van der Waals surface area contributed by atoms with Gasteiger partial charge in [0.05, 0.1) is 4.92 Å². The third-order valence-electron chi connectivity index (χ3n) is 7.19. The van der Waals surface area contributed by atoms with Crippen molar-refractivity contribution in [3.8, 4) is 0 Å². The minimum absolute atomic E-state index is 0.0974. The van der Waals surface area contributed by atoms with E-state index >= 15 is 0 Å². The quantitative estimate of drug-likeness (QED) is 0.312. The van der Waals surface area contributed by atoms with Gasteiger partial charge in [-0.2, -0.15) is 0 Å². The number of anilines is 1. The highest BCUT2D eigenvalue weighted by atomic mass is 19.1. The molecule has 13 nitrogen and oxygen atoms in total. The van der Waals surface area contributed by atoms with Crippen LogP contribution in [0.5, 0.6) is 0 Å². The van der Waals surface area contributed by atoms with E-state index in [1.807, 2.05) is 0 Å². The summed E-state index contributed by atoms with van der Waals surface area (Å²) in [4.78, 5) is 64.3. The smallest absolute Gasteiger partial charge is 0.407 e. The van der Waals surface area contributed by atoms with Gasteiger partial charge in [0.2, 0.25) is 5.91 Å². The number of para-hydroxylation sites is 1. The summed E-state index contributed by atoms with van der Waals surface area (Å²) in [6.45, 7) is 1.75. The van der Waals surface area contributed by atoms with Crippen molar-refractivity contribution >= 4 is 35.2 Å². The first kappa shape index (κ1) is 30.3. The molecule has 4 amide bonds. The molecule has 2 aromatic rings. The molecule has 2 unspecified atom stereocenters. The van der Waals surface area contributed by atoms with Crippen LogP contribution in [0.1, 0.15) is 36.9 Å². The molecule has 0 radical (unpaired) electrons. The highest BCUT2D eigenvalue weighted by Gasteiger charge is 2.44. The molecule has 0 spiro atoms. The molecular formula is C27H29F2N5O8. The van der Waals surface area contributed by atoms with E-state index < -0.39 is 70.2 Å². The van der Waals surface area contributed by atoms with Crippen LogP contribution >= 0.6 is 0 Å². The molecule has 1 fully saturated rings. The van der Waals surface area contributed by atoms with Crippen LogP contribution < -0.4 is 16.0 Å². The van der Waals surface area contributed by atoms with Gasteiger partial charge in [0, 0.05) is 38.9 Å². The largest absolute Gasteiger partial charge is 0.436 e. The second kappa shape index (κ2) is 12.9. The van der Waals surface area contributed by atoms with Gasteiger partial charge in [-0.15, -0.1) is 0 Å². The first-order chi connectivity index (χ1) is 20.0. The summed E-state index contributed by atoms with van der Waals surface area (Å²) < 4.78 is 39.2. The fraction of sp³-hybridized carbons (Fsp3) is 0.407. The average molecular weight is 590 g/mol. The molecule has 3 atom stereocenters. The average Bonchev–Trinajstić information content (AvgIpc) is 3.36. The lowest BCUT2D eigenvalue weighted by Gasteiger charge is -2.35. The van der Waals surface area contributed by atoms with Crippen LogP contribution in [0, 0.1) is 27.7 Å². The summed E-state index contributed by atoms with van der Waals surface area (Å²) >= 11 is 0. The van der Waals surface area contributed by atoms with Crippen LogP contribution in [0.15, 0.2) is 36.4 Å². The molecule has 0 aliphatic carbocycles. The minimum Gasteiger partial charge on any atom is -0.436 e. The Kier molecular flexibility index (Phi) is 9.30. The lowest BCUT2D eigenvalue weighted by Crippen LogP contribution is -2.55. The number of hydrogen-bond donors (Lipinski definition) is 3. The van der Waals surface area contributed by atoms with Crippen molar-refractivity contribution < 1.29 is 42.4 Å². The Balaban J connectivity index is 1.70. The van der Waals surface area contributed by atoms with Crippen molar-refractivity contribution in [2.24, 2.45) is 5.92 Å². The monoisotopic (exact) mass is 589 g/mol. The summed E-state index contributed by atoms with van der Waals surface area (Å²) in [5.74, 6) is -5.05. The van der Waals surface area contributed by atoms with Gasteiger partial charge in [-0.3, -0.25) is 24.5 Å². The number of non-ortho nitro benzene ring substituents is 1. The summed E-state index contributed by atoms with van der Waals surface area (Å²) in [6, 6.07) is 4.00. The fourth-order valence-corrected chi connectivity index (χ4v) is 4.99. The van der Waals surface area contributed by atoms with Crippen molar-refractivity contribution in [3.05, 3.63) is 69.3 Å². The molecule has 1 saturated heterocycles. The Morgan fingerprint density at radius 3 is 2.40 bits per heavy atom. The van der Waals surface area contributed by atoms with Crippen LogP contribution in [-0.4, -0.2) is 66.0 Å². The maximum atomic E-state index is 14.4. The molecule has 2 heterocycles. The summed E-state index contributed by atoms with van der Waals surface area (Å²) in [7, 11) is 1.31. The number of carbonyl (C=O) groups excluding carboxylic acids is 4. The Bertz CT molecular complexity index is 1380. The molecule has 42 heavy (non-hydrogen) atoms. The molecule has 15 heteroatoms. The van der Waals surface area contributed by atoms with Gasteiger partial charge in [0.15, 0.2) is 6.10 Å². The molecular weight excluding hydrogens is 560 g/mol. The molecule has 0 aromatic heterocycles. The summed E-state index contributed by atoms with van der Waals surface area (Å²) in [5, 5.41) is 18.5. The third kappa shape index (κ3) is 6.46. The number of nitrogens with one attached hydrogen (secondary N) is 3. The maximum absolute atomic E-state index is 14.4. The van der Waals surface area contributed by atoms with Crippen LogP contribution in [-0.2, 0) is 30.4 Å². The number of halogens is 2. The van der Waals surface area contributed by atoms with Gasteiger partial charge >= 0.3 is 6.09 Å². The number of alkyl carbamates (subject to hydrolysis) is 1. The van der Waals surface area contributed by atoms with Crippen LogP contribution in [0.3, 0.4) is 0 Å². The number of ether oxygens (including phenoxy) is 2. The van der Waals surface area contributed by atoms with Crippen molar-refractivity contribution in [3.63, 3.8) is 0 Å². The zero-order valence-electron chi connectivity index (χ0n) is 22.7. The predicted molar refractivity (Wildman–Crippen MR) is 142 cm³/mol. The highest BCUT2D eigenvalue weighted by molar-refractivity contribution is 6.00. The van der Waals surface area contributed by atoms with Crippen molar-refractivity contribution in [2.75, 3.05) is 25.6 Å². The Morgan fingerprint density at radius 1 is 1.12 bits per heavy atom. The Labute approximate surface area is 238 Å². The Hall–Kier alpha value is -4.66. The van der Waals surface area contributed by atoms with Crippen molar-refractivity contribution in [1.82, 2.24) is 15.5 Å². The molecule has 2 aliphatic rings. The zero-order valence-corrected chi connectivity index (χ0v) is 22.7. The van der Waals surface area contributed by atoms with E-state index in [1.54, 1.807) is 0 Å². The molecule has 2 aromatic carbocycles. The normalized spacial score (nSPS) is 17.9. The second-order valence-electron chi connectivity index (χ2n) is 9.83. The zero-order chi connectivity index (χ0) is 30.6. The van der Waals surface area contributed by atoms with E-state index in [1.165, 1.54) is 26.1 Å². The number of fused-ring (bicyclic) bond motifs is 1. The lowest BCUT2D eigenvalue weighted by atomic mass is 9.90. The highest BCUT2D eigenvalue weighted by Crippen LogP contribution is 2.38. The fourth-order valence-electron chi connectivity index (χ4n) is 4.99. The molecule has 3 N–H and O–H groups in total. The Morgan fingerprint density at radius 2 is 1.79 bits per heavy atom. The third-order valence-corrected chi connectivity index (χ3v) is 7.19. The summed E-state index contributed by atoms with van der Waals surface area (Å²) in [6.07, 6.45) is -1.38. The van der Waals surface area contributed by atoms with Gasteiger partial charge in [-0.1, -0.05) is 12.1 Å². The number of nitrogens with zero attached hydrogens (tertiary/aromatic N) is 2. The van der Waals surface area contributed by atoms with Crippen molar-refractivity contribution in [1.29, 1.82) is 0 Å². The van der Waals surface area contributed by atoms with Gasteiger partial charge in [0.1, 0.15) is 29.4 Å². The topological polar surface area (TPSA) is 169 Å².